The predicted molar refractivity (Wildman–Crippen MR) is 129 cm³/mol. The Bertz CT molecular complexity index is 247. The third-order valence-corrected chi connectivity index (χ3v) is 6.02. The van der Waals surface area contributed by atoms with Crippen molar-refractivity contribution in [2.24, 2.45) is 0 Å². The predicted octanol–water partition coefficient (Wildman–Crippen LogP) is 7.14. The molecule has 0 aromatic rings. The van der Waals surface area contributed by atoms with Crippen molar-refractivity contribution in [3.8, 4) is 0 Å². The van der Waals surface area contributed by atoms with Crippen molar-refractivity contribution in [3.63, 3.8) is 0 Å². The van der Waals surface area contributed by atoms with Crippen LogP contribution in [0.2, 0.25) is 0 Å². The minimum absolute atomic E-state index is 0.363. The van der Waals surface area contributed by atoms with Crippen LogP contribution in [0.1, 0.15) is 141 Å². The monoisotopic (exact) mass is 413 g/mol. The Morgan fingerprint density at radius 1 is 0.276 bits per heavy atom. The summed E-state index contributed by atoms with van der Waals surface area (Å²) in [5.41, 5.74) is 0. The van der Waals surface area contributed by atoms with E-state index < -0.39 is 0 Å². The molecule has 3 N–H and O–H groups in total. The molecule has 0 aromatic carbocycles. The number of nitrogens with one attached hydrogen (secondary N) is 1. The van der Waals surface area contributed by atoms with Gasteiger partial charge in [0.2, 0.25) is 0 Å². The quantitative estimate of drug-likeness (QED) is 0.132. The zero-order valence-electron chi connectivity index (χ0n) is 19.8. The van der Waals surface area contributed by atoms with Crippen LogP contribution in [-0.2, 0) is 0 Å². The van der Waals surface area contributed by atoms with Crippen molar-refractivity contribution < 1.29 is 10.2 Å². The van der Waals surface area contributed by atoms with E-state index in [-0.39, 0.29) is 0 Å². The fraction of sp³-hybridized carbons (Fsp3) is 1.00. The molecule has 0 aromatic heterocycles. The fourth-order valence-corrected chi connectivity index (χ4v) is 4.03. The van der Waals surface area contributed by atoms with Crippen LogP contribution in [0.15, 0.2) is 0 Å². The van der Waals surface area contributed by atoms with Crippen molar-refractivity contribution in [1.82, 2.24) is 5.32 Å². The maximum atomic E-state index is 8.74. The Kier molecular flexibility index (Phi) is 27.8. The summed E-state index contributed by atoms with van der Waals surface area (Å²) in [4.78, 5) is 0. The highest BCUT2D eigenvalue weighted by atomic mass is 16.3. The van der Waals surface area contributed by atoms with Gasteiger partial charge in [0.05, 0.1) is 0 Å². The van der Waals surface area contributed by atoms with Crippen LogP contribution >= 0.6 is 0 Å². The zero-order valence-corrected chi connectivity index (χ0v) is 19.8. The van der Waals surface area contributed by atoms with E-state index >= 15 is 0 Å². The van der Waals surface area contributed by atoms with E-state index in [9.17, 15) is 0 Å². The highest BCUT2D eigenvalue weighted by Gasteiger charge is 1.95. The van der Waals surface area contributed by atoms with Crippen molar-refractivity contribution in [3.05, 3.63) is 0 Å². The van der Waals surface area contributed by atoms with Gasteiger partial charge >= 0.3 is 0 Å². The topological polar surface area (TPSA) is 52.5 Å². The molecule has 0 saturated carbocycles. The summed E-state index contributed by atoms with van der Waals surface area (Å²) < 4.78 is 0. The number of hydrogen-bond donors (Lipinski definition) is 3. The molecule has 176 valence electrons. The van der Waals surface area contributed by atoms with Gasteiger partial charge in [0.1, 0.15) is 0 Å². The minimum atomic E-state index is 0.363. The maximum absolute atomic E-state index is 8.74. The zero-order chi connectivity index (χ0) is 21.1. The molecule has 0 unspecified atom stereocenters. The Morgan fingerprint density at radius 2 is 0.483 bits per heavy atom. The van der Waals surface area contributed by atoms with Crippen molar-refractivity contribution in [1.29, 1.82) is 0 Å². The summed E-state index contributed by atoms with van der Waals surface area (Å²) in [6, 6.07) is 0. The van der Waals surface area contributed by atoms with Crippen LogP contribution in [0.3, 0.4) is 0 Å². The van der Waals surface area contributed by atoms with Gasteiger partial charge in [0.15, 0.2) is 0 Å². The Balaban J connectivity index is 2.97. The first-order valence-electron chi connectivity index (χ1n) is 13.3. The van der Waals surface area contributed by atoms with Crippen LogP contribution in [0.25, 0.3) is 0 Å². The molecular weight excluding hydrogens is 358 g/mol. The first-order valence-corrected chi connectivity index (χ1v) is 13.3. The van der Waals surface area contributed by atoms with Crippen LogP contribution < -0.4 is 5.32 Å². The Morgan fingerprint density at radius 3 is 0.724 bits per heavy atom. The van der Waals surface area contributed by atoms with Crippen molar-refractivity contribution in [2.45, 2.75) is 141 Å². The number of unbranched alkanes of at least 4 members (excludes halogenated alkanes) is 20. The number of aliphatic hydroxyl groups is 2. The molecule has 3 nitrogen and oxygen atoms in total. The second-order valence-electron chi connectivity index (χ2n) is 8.98. The molecule has 0 heterocycles. The number of hydrogen-bond acceptors (Lipinski definition) is 3. The van der Waals surface area contributed by atoms with Gasteiger partial charge in [-0.3, -0.25) is 0 Å². The van der Waals surface area contributed by atoms with E-state index in [1.165, 1.54) is 142 Å². The van der Waals surface area contributed by atoms with Crippen LogP contribution in [0.5, 0.6) is 0 Å². The Labute approximate surface area is 183 Å². The molecule has 0 rings (SSSR count). The summed E-state index contributed by atoms with van der Waals surface area (Å²) >= 11 is 0. The van der Waals surface area contributed by atoms with Crippen LogP contribution in [0.4, 0.5) is 0 Å². The second kappa shape index (κ2) is 27.9. The SMILES string of the molecule is OCCCCCCCCCCCCCCNCCCCCCCCCCCCO. The van der Waals surface area contributed by atoms with Gasteiger partial charge in [-0.15, -0.1) is 0 Å². The molecule has 0 spiro atoms. The molecule has 3 heteroatoms. The lowest BCUT2D eigenvalue weighted by Gasteiger charge is -2.06. The molecule has 0 aliphatic heterocycles. The summed E-state index contributed by atoms with van der Waals surface area (Å²) in [5.74, 6) is 0. The van der Waals surface area contributed by atoms with E-state index in [1.807, 2.05) is 0 Å². The van der Waals surface area contributed by atoms with E-state index in [0.29, 0.717) is 13.2 Å². The lowest BCUT2D eigenvalue weighted by atomic mass is 10.1. The smallest absolute Gasteiger partial charge is 0.0431 e. The first kappa shape index (κ1) is 28.9. The van der Waals surface area contributed by atoms with E-state index in [2.05, 4.69) is 5.32 Å². The number of aliphatic hydroxyl groups excluding tert-OH is 2. The average molecular weight is 414 g/mol. The summed E-state index contributed by atoms with van der Waals surface area (Å²) in [7, 11) is 0. The van der Waals surface area contributed by atoms with Gasteiger partial charge in [0, 0.05) is 13.2 Å². The largest absolute Gasteiger partial charge is 0.396 e. The van der Waals surface area contributed by atoms with E-state index in [4.69, 9.17) is 10.2 Å². The molecule has 29 heavy (non-hydrogen) atoms. The molecule has 0 aliphatic rings. The summed E-state index contributed by atoms with van der Waals surface area (Å²) in [6.07, 6.45) is 29.3. The van der Waals surface area contributed by atoms with Crippen molar-refractivity contribution >= 4 is 0 Å². The van der Waals surface area contributed by atoms with Gasteiger partial charge < -0.3 is 15.5 Å². The minimum Gasteiger partial charge on any atom is -0.396 e. The summed E-state index contributed by atoms with van der Waals surface area (Å²) in [6.45, 7) is 3.15. The maximum Gasteiger partial charge on any atom is 0.0431 e. The van der Waals surface area contributed by atoms with Crippen LogP contribution in [-0.4, -0.2) is 36.5 Å². The average Bonchev–Trinajstić information content (AvgIpc) is 2.74. The number of rotatable bonds is 26. The molecule has 0 radical (unpaired) electrons. The standard InChI is InChI=1S/C26H55NO2/c28-25-21-17-13-9-5-2-1-3-7-11-15-19-23-27-24-20-16-12-8-4-6-10-14-18-22-26-29/h27-29H,1-26H2. The van der Waals surface area contributed by atoms with Crippen LogP contribution in [0, 0.1) is 0 Å². The van der Waals surface area contributed by atoms with Gasteiger partial charge in [-0.05, 0) is 38.8 Å². The van der Waals surface area contributed by atoms with Gasteiger partial charge in [-0.25, -0.2) is 0 Å². The molecule has 0 fully saturated rings. The fourth-order valence-electron chi connectivity index (χ4n) is 4.03. The van der Waals surface area contributed by atoms with Gasteiger partial charge in [-0.2, -0.15) is 0 Å². The van der Waals surface area contributed by atoms with E-state index in [0.717, 1.165) is 12.8 Å². The lowest BCUT2D eigenvalue weighted by Crippen LogP contribution is -2.16. The lowest BCUT2D eigenvalue weighted by molar-refractivity contribution is 0.282. The normalized spacial score (nSPS) is 11.4. The van der Waals surface area contributed by atoms with Crippen molar-refractivity contribution in [2.75, 3.05) is 26.3 Å². The van der Waals surface area contributed by atoms with Gasteiger partial charge in [0.25, 0.3) is 0 Å². The third kappa shape index (κ3) is 27.9. The first-order chi connectivity index (χ1) is 14.4. The van der Waals surface area contributed by atoms with E-state index in [1.54, 1.807) is 0 Å². The van der Waals surface area contributed by atoms with Gasteiger partial charge in [-0.1, -0.05) is 116 Å². The summed E-state index contributed by atoms with van der Waals surface area (Å²) in [5, 5.41) is 21.1. The molecule has 0 bridgehead atoms. The highest BCUT2D eigenvalue weighted by molar-refractivity contribution is 4.53. The highest BCUT2D eigenvalue weighted by Crippen LogP contribution is 2.12. The molecule has 0 saturated heterocycles. The second-order valence-corrected chi connectivity index (χ2v) is 8.98. The molecule has 0 aliphatic carbocycles. The third-order valence-electron chi connectivity index (χ3n) is 6.02. The molecule has 0 amide bonds. The molecule has 0 atom stereocenters. The molecular formula is C26H55NO2. The Hall–Kier alpha value is -0.120.